The molecule has 0 aliphatic rings. The average Bonchev–Trinajstić information content (AvgIpc) is 3.02. The number of hydrogen-bond acceptors (Lipinski definition) is 5. The number of aromatic nitrogens is 1. The van der Waals surface area contributed by atoms with E-state index in [2.05, 4.69) is 0 Å². The van der Waals surface area contributed by atoms with Crippen molar-refractivity contribution < 1.29 is 14.3 Å². The van der Waals surface area contributed by atoms with Crippen LogP contribution in [0.4, 0.5) is 0 Å². The normalized spacial score (nSPS) is 11.0. The van der Waals surface area contributed by atoms with Gasteiger partial charge in [0.1, 0.15) is 17.2 Å². The quantitative estimate of drug-likeness (QED) is 0.648. The van der Waals surface area contributed by atoms with Crippen LogP contribution in [-0.2, 0) is 6.54 Å². The molecule has 0 saturated carbocycles. The summed E-state index contributed by atoms with van der Waals surface area (Å²) in [5, 5.41) is 21.1. The van der Waals surface area contributed by atoms with Gasteiger partial charge in [0, 0.05) is 17.5 Å². The second kappa shape index (κ2) is 7.59. The van der Waals surface area contributed by atoms with Crippen LogP contribution in [0.5, 0.6) is 5.88 Å². The number of nitrogens with zero attached hydrogens (tertiary/aromatic N) is 2. The maximum absolute atomic E-state index is 13.4. The second-order valence-corrected chi connectivity index (χ2v) is 7.39. The van der Waals surface area contributed by atoms with E-state index in [1.165, 1.54) is 6.92 Å². The van der Waals surface area contributed by atoms with Crippen LogP contribution in [0.2, 0.25) is 0 Å². The topological polar surface area (TPSA) is 96.2 Å². The number of aromatic hydroxyl groups is 1. The lowest BCUT2D eigenvalue weighted by Gasteiger charge is -2.14. The zero-order valence-corrected chi connectivity index (χ0v) is 17.3. The fourth-order valence-corrected chi connectivity index (χ4v) is 3.59. The molecule has 0 fully saturated rings. The number of nitriles is 1. The lowest BCUT2D eigenvalue weighted by molar-refractivity contribution is 0.100. The summed E-state index contributed by atoms with van der Waals surface area (Å²) in [6.45, 7) is 9.37. The number of carbonyl (C=O) groups is 1. The van der Waals surface area contributed by atoms with E-state index in [0.717, 1.165) is 27.5 Å². The summed E-state index contributed by atoms with van der Waals surface area (Å²) >= 11 is 0. The Bertz CT molecular complexity index is 1240. The molecule has 0 aliphatic heterocycles. The first-order chi connectivity index (χ1) is 13.7. The molecule has 0 unspecified atom stereocenters. The van der Waals surface area contributed by atoms with Crippen LogP contribution in [-0.4, -0.2) is 15.5 Å². The van der Waals surface area contributed by atoms with Crippen molar-refractivity contribution in [3.63, 3.8) is 0 Å². The van der Waals surface area contributed by atoms with Crippen LogP contribution in [0.1, 0.15) is 63.7 Å². The van der Waals surface area contributed by atoms with Gasteiger partial charge in [0.2, 0.25) is 11.7 Å². The Labute approximate surface area is 169 Å². The molecule has 6 nitrogen and oxygen atoms in total. The molecule has 2 aromatic heterocycles. The number of unbranched alkanes of at least 4 members (excludes halogenated alkanes) is 1. The van der Waals surface area contributed by atoms with Crippen molar-refractivity contribution in [1.82, 2.24) is 4.57 Å². The molecule has 29 heavy (non-hydrogen) atoms. The third-order valence-electron chi connectivity index (χ3n) is 5.59. The standard InChI is InChI=1S/C23H24N2O4/c1-6-7-10-25-22(27)17(11-24)14(4)18(23(25)28)19(26)21-15(5)16-9-8-12(2)13(3)20(16)29-21/h8-9,28H,6-7,10H2,1-5H3. The molecule has 0 atom stereocenters. The molecule has 1 aromatic carbocycles. The first-order valence-electron chi connectivity index (χ1n) is 9.64. The van der Waals surface area contributed by atoms with Crippen LogP contribution in [0.3, 0.4) is 0 Å². The lowest BCUT2D eigenvalue weighted by Crippen LogP contribution is -2.27. The third-order valence-corrected chi connectivity index (χ3v) is 5.59. The van der Waals surface area contributed by atoms with Gasteiger partial charge in [0.05, 0.1) is 5.56 Å². The summed E-state index contributed by atoms with van der Waals surface area (Å²) in [6, 6.07) is 5.76. The number of ketones is 1. The van der Waals surface area contributed by atoms with E-state index in [4.69, 9.17) is 4.42 Å². The molecule has 0 aliphatic carbocycles. The van der Waals surface area contributed by atoms with Gasteiger partial charge in [-0.2, -0.15) is 5.26 Å². The minimum atomic E-state index is -0.583. The van der Waals surface area contributed by atoms with E-state index in [1.807, 2.05) is 39.0 Å². The second-order valence-electron chi connectivity index (χ2n) is 7.39. The van der Waals surface area contributed by atoms with E-state index in [9.17, 15) is 20.0 Å². The van der Waals surface area contributed by atoms with Gasteiger partial charge in [-0.3, -0.25) is 14.2 Å². The van der Waals surface area contributed by atoms with Crippen molar-refractivity contribution in [2.45, 2.75) is 54.0 Å². The molecule has 0 bridgehead atoms. The van der Waals surface area contributed by atoms with Crippen LogP contribution in [0.15, 0.2) is 21.3 Å². The Morgan fingerprint density at radius 3 is 2.48 bits per heavy atom. The van der Waals surface area contributed by atoms with Crippen molar-refractivity contribution in [3.8, 4) is 11.9 Å². The molecule has 0 radical (unpaired) electrons. The molecular weight excluding hydrogens is 368 g/mol. The molecule has 3 rings (SSSR count). The number of aryl methyl sites for hydroxylation is 3. The van der Waals surface area contributed by atoms with Crippen molar-refractivity contribution in [2.75, 3.05) is 0 Å². The predicted molar refractivity (Wildman–Crippen MR) is 111 cm³/mol. The molecule has 3 aromatic rings. The highest BCUT2D eigenvalue weighted by Crippen LogP contribution is 2.33. The van der Waals surface area contributed by atoms with E-state index >= 15 is 0 Å². The summed E-state index contributed by atoms with van der Waals surface area (Å²) in [6.07, 6.45) is 1.43. The van der Waals surface area contributed by atoms with Crippen molar-refractivity contribution in [2.24, 2.45) is 0 Å². The predicted octanol–water partition coefficient (Wildman–Crippen LogP) is 4.44. The van der Waals surface area contributed by atoms with Crippen LogP contribution < -0.4 is 5.56 Å². The summed E-state index contributed by atoms with van der Waals surface area (Å²) in [7, 11) is 0. The van der Waals surface area contributed by atoms with Gasteiger partial charge >= 0.3 is 0 Å². The zero-order valence-electron chi connectivity index (χ0n) is 17.3. The minimum Gasteiger partial charge on any atom is -0.494 e. The van der Waals surface area contributed by atoms with Gasteiger partial charge in [-0.1, -0.05) is 25.5 Å². The monoisotopic (exact) mass is 392 g/mol. The molecule has 0 saturated heterocycles. The number of pyridine rings is 1. The van der Waals surface area contributed by atoms with Crippen LogP contribution in [0, 0.1) is 39.0 Å². The fourth-order valence-electron chi connectivity index (χ4n) is 3.59. The maximum atomic E-state index is 13.4. The molecule has 1 N–H and O–H groups in total. The highest BCUT2D eigenvalue weighted by molar-refractivity contribution is 6.13. The Morgan fingerprint density at radius 2 is 1.86 bits per heavy atom. The fraction of sp³-hybridized carbons (Fsp3) is 0.348. The smallest absolute Gasteiger partial charge is 0.271 e. The van der Waals surface area contributed by atoms with E-state index < -0.39 is 17.2 Å². The van der Waals surface area contributed by atoms with Crippen molar-refractivity contribution in [3.05, 3.63) is 61.6 Å². The Kier molecular flexibility index (Phi) is 5.34. The highest BCUT2D eigenvalue weighted by Gasteiger charge is 2.28. The van der Waals surface area contributed by atoms with Gasteiger partial charge < -0.3 is 9.52 Å². The molecule has 6 heteroatoms. The summed E-state index contributed by atoms with van der Waals surface area (Å²) in [5.74, 6) is -0.845. The zero-order chi connectivity index (χ0) is 21.5. The minimum absolute atomic E-state index is 0.0613. The Balaban J connectivity index is 2.29. The van der Waals surface area contributed by atoms with Gasteiger partial charge in [-0.05, 0) is 50.8 Å². The Hall–Kier alpha value is -3.33. The van der Waals surface area contributed by atoms with E-state index in [-0.39, 0.29) is 29.0 Å². The molecule has 0 amide bonds. The Morgan fingerprint density at radius 1 is 1.17 bits per heavy atom. The molecule has 0 spiro atoms. The van der Waals surface area contributed by atoms with Gasteiger partial charge in [-0.25, -0.2) is 0 Å². The number of furan rings is 1. The summed E-state index contributed by atoms with van der Waals surface area (Å²) in [4.78, 5) is 26.0. The first kappa shape index (κ1) is 20.4. The van der Waals surface area contributed by atoms with Gasteiger partial charge in [0.15, 0.2) is 5.76 Å². The maximum Gasteiger partial charge on any atom is 0.271 e. The lowest BCUT2D eigenvalue weighted by atomic mass is 9.98. The molecule has 150 valence electrons. The van der Waals surface area contributed by atoms with Crippen LogP contribution >= 0.6 is 0 Å². The molecular formula is C23H24N2O4. The summed E-state index contributed by atoms with van der Waals surface area (Å²) in [5.41, 5.74) is 2.66. The van der Waals surface area contributed by atoms with Crippen molar-refractivity contribution >= 4 is 16.8 Å². The van der Waals surface area contributed by atoms with Crippen molar-refractivity contribution in [1.29, 1.82) is 5.26 Å². The number of benzene rings is 1. The molecule has 2 heterocycles. The average molecular weight is 392 g/mol. The van der Waals surface area contributed by atoms with E-state index in [0.29, 0.717) is 17.6 Å². The number of rotatable bonds is 5. The SMILES string of the molecule is CCCCn1c(O)c(C(=O)c2oc3c(C)c(C)ccc3c2C)c(C)c(C#N)c1=O. The van der Waals surface area contributed by atoms with E-state index in [1.54, 1.807) is 6.92 Å². The van der Waals surface area contributed by atoms with Gasteiger partial charge in [0.25, 0.3) is 5.56 Å². The van der Waals surface area contributed by atoms with Gasteiger partial charge in [-0.15, -0.1) is 0 Å². The number of fused-ring (bicyclic) bond motifs is 1. The number of hydrogen-bond donors (Lipinski definition) is 1. The largest absolute Gasteiger partial charge is 0.494 e. The number of carbonyl (C=O) groups excluding carboxylic acids is 1. The summed E-state index contributed by atoms with van der Waals surface area (Å²) < 4.78 is 7.04. The first-order valence-corrected chi connectivity index (χ1v) is 9.64. The third kappa shape index (κ3) is 3.13. The van der Waals surface area contributed by atoms with Crippen LogP contribution in [0.25, 0.3) is 11.0 Å². The highest BCUT2D eigenvalue weighted by atomic mass is 16.3.